The highest BCUT2D eigenvalue weighted by Crippen LogP contribution is 2.61. The summed E-state index contributed by atoms with van der Waals surface area (Å²) in [6.45, 7) is 4.47. The van der Waals surface area contributed by atoms with Crippen LogP contribution < -0.4 is 5.32 Å². The number of hydrogen-bond acceptors (Lipinski definition) is 1. The van der Waals surface area contributed by atoms with Crippen LogP contribution in [0.4, 0.5) is 0 Å². The number of nitrogens with one attached hydrogen (secondary N) is 1. The minimum Gasteiger partial charge on any atom is -0.316 e. The van der Waals surface area contributed by atoms with Crippen molar-refractivity contribution in [3.05, 3.63) is 35.9 Å². The predicted molar refractivity (Wildman–Crippen MR) is 86.0 cm³/mol. The van der Waals surface area contributed by atoms with Crippen LogP contribution in [0, 0.1) is 5.41 Å². The molecule has 0 atom stereocenters. The summed E-state index contributed by atoms with van der Waals surface area (Å²) in [4.78, 5) is 0. The van der Waals surface area contributed by atoms with Crippen LogP contribution in [0.1, 0.15) is 63.9 Å². The van der Waals surface area contributed by atoms with Crippen LogP contribution in [0.2, 0.25) is 0 Å². The first-order valence-corrected chi connectivity index (χ1v) is 8.55. The van der Waals surface area contributed by atoms with Crippen LogP contribution in [0.25, 0.3) is 0 Å². The van der Waals surface area contributed by atoms with Crippen LogP contribution in [0.5, 0.6) is 0 Å². The zero-order chi connectivity index (χ0) is 13.9. The fourth-order valence-electron chi connectivity index (χ4n) is 4.80. The van der Waals surface area contributed by atoms with E-state index in [4.69, 9.17) is 0 Å². The molecule has 2 saturated carbocycles. The smallest absolute Gasteiger partial charge is 0.00883 e. The molecule has 110 valence electrons. The first-order chi connectivity index (χ1) is 9.79. The van der Waals surface area contributed by atoms with Crippen LogP contribution in [-0.2, 0) is 5.41 Å². The summed E-state index contributed by atoms with van der Waals surface area (Å²) >= 11 is 0. The van der Waals surface area contributed by atoms with E-state index in [1.54, 1.807) is 5.56 Å². The van der Waals surface area contributed by atoms with Gasteiger partial charge in [0.2, 0.25) is 0 Å². The molecule has 0 amide bonds. The minimum absolute atomic E-state index is 0.418. The first-order valence-electron chi connectivity index (χ1n) is 8.55. The summed E-state index contributed by atoms with van der Waals surface area (Å²) in [7, 11) is 0. The number of rotatable bonds is 4. The highest BCUT2D eigenvalue weighted by Gasteiger charge is 2.54. The molecular formula is C19H29N. The summed E-state index contributed by atoms with van der Waals surface area (Å²) in [6.07, 6.45) is 11.6. The van der Waals surface area contributed by atoms with Gasteiger partial charge in [-0.25, -0.2) is 0 Å². The molecule has 1 nitrogen and oxygen atoms in total. The molecule has 20 heavy (non-hydrogen) atoms. The number of hydrogen-bond donors (Lipinski definition) is 1. The van der Waals surface area contributed by atoms with E-state index in [0.717, 1.165) is 13.1 Å². The molecule has 2 fully saturated rings. The molecule has 1 spiro atoms. The predicted octanol–water partition coefficient (Wildman–Crippen LogP) is 4.67. The van der Waals surface area contributed by atoms with Crippen LogP contribution in [-0.4, -0.2) is 13.1 Å². The van der Waals surface area contributed by atoms with Crippen molar-refractivity contribution < 1.29 is 0 Å². The van der Waals surface area contributed by atoms with Crippen molar-refractivity contribution in [3.8, 4) is 0 Å². The second kappa shape index (κ2) is 5.89. The van der Waals surface area contributed by atoms with Crippen molar-refractivity contribution in [3.63, 3.8) is 0 Å². The number of benzene rings is 1. The average molecular weight is 271 g/mol. The van der Waals surface area contributed by atoms with Gasteiger partial charge in [0.15, 0.2) is 0 Å². The van der Waals surface area contributed by atoms with Gasteiger partial charge in [0.1, 0.15) is 0 Å². The maximum Gasteiger partial charge on any atom is 0.00883 e. The van der Waals surface area contributed by atoms with E-state index in [2.05, 4.69) is 42.6 Å². The SMILES string of the molecule is CCNCC1(c2ccccc2)CC2(CCCCCC2)C1. The standard InChI is InChI=1S/C19H29N/c1-2-20-16-19(17-10-6-5-7-11-17)14-18(15-19)12-8-3-4-9-13-18/h5-7,10-11,20H,2-4,8-9,12-16H2,1H3. The molecule has 0 unspecified atom stereocenters. The van der Waals surface area contributed by atoms with Gasteiger partial charge >= 0.3 is 0 Å². The van der Waals surface area contributed by atoms with E-state index in [0.29, 0.717) is 10.8 Å². The number of likely N-dealkylation sites (N-methyl/N-ethyl adjacent to an activating group) is 1. The lowest BCUT2D eigenvalue weighted by molar-refractivity contribution is 0.00644. The largest absolute Gasteiger partial charge is 0.316 e. The molecule has 1 N–H and O–H groups in total. The summed E-state index contributed by atoms with van der Waals surface area (Å²) in [6, 6.07) is 11.3. The zero-order valence-electron chi connectivity index (χ0n) is 13.0. The van der Waals surface area contributed by atoms with E-state index >= 15 is 0 Å². The van der Waals surface area contributed by atoms with Crippen molar-refractivity contribution >= 4 is 0 Å². The van der Waals surface area contributed by atoms with Crippen molar-refractivity contribution in [2.24, 2.45) is 5.41 Å². The second-order valence-corrected chi connectivity index (χ2v) is 7.19. The van der Waals surface area contributed by atoms with Crippen molar-refractivity contribution in [2.75, 3.05) is 13.1 Å². The molecule has 1 aromatic rings. The lowest BCUT2D eigenvalue weighted by atomic mass is 9.48. The second-order valence-electron chi connectivity index (χ2n) is 7.19. The Bertz CT molecular complexity index is 407. The van der Waals surface area contributed by atoms with E-state index in [1.165, 1.54) is 51.4 Å². The molecule has 0 saturated heterocycles. The summed E-state index contributed by atoms with van der Waals surface area (Å²) in [5.41, 5.74) is 2.67. The van der Waals surface area contributed by atoms with E-state index in [1.807, 2.05) is 0 Å². The molecule has 2 aliphatic carbocycles. The summed E-state index contributed by atoms with van der Waals surface area (Å²) in [5.74, 6) is 0. The Labute approximate surface area is 124 Å². The topological polar surface area (TPSA) is 12.0 Å². The third-order valence-corrected chi connectivity index (χ3v) is 5.69. The molecule has 1 heteroatoms. The van der Waals surface area contributed by atoms with Gasteiger partial charge in [0, 0.05) is 12.0 Å². The maximum atomic E-state index is 3.63. The van der Waals surface area contributed by atoms with E-state index in [9.17, 15) is 0 Å². The Morgan fingerprint density at radius 3 is 2.20 bits per heavy atom. The molecule has 1 aromatic carbocycles. The van der Waals surface area contributed by atoms with Gasteiger partial charge in [-0.3, -0.25) is 0 Å². The highest BCUT2D eigenvalue weighted by atomic mass is 14.9. The normalized spacial score (nSPS) is 24.1. The molecule has 2 aliphatic rings. The van der Waals surface area contributed by atoms with Crippen molar-refractivity contribution in [1.29, 1.82) is 0 Å². The minimum atomic E-state index is 0.418. The lowest BCUT2D eigenvalue weighted by Crippen LogP contribution is -2.54. The Hall–Kier alpha value is -0.820. The average Bonchev–Trinajstić information content (AvgIpc) is 2.70. The molecule has 0 heterocycles. The molecule has 0 bridgehead atoms. The maximum absolute atomic E-state index is 3.63. The van der Waals surface area contributed by atoms with Crippen LogP contribution in [0.15, 0.2) is 30.3 Å². The lowest BCUT2D eigenvalue weighted by Gasteiger charge is -2.57. The third-order valence-electron chi connectivity index (χ3n) is 5.69. The Morgan fingerprint density at radius 2 is 1.60 bits per heavy atom. The van der Waals surface area contributed by atoms with Gasteiger partial charge < -0.3 is 5.32 Å². The zero-order valence-corrected chi connectivity index (χ0v) is 13.0. The Balaban J connectivity index is 1.77. The van der Waals surface area contributed by atoms with Gasteiger partial charge in [-0.05, 0) is 43.2 Å². The molecule has 0 aromatic heterocycles. The molecule has 3 rings (SSSR count). The van der Waals surface area contributed by atoms with Gasteiger partial charge in [-0.1, -0.05) is 62.9 Å². The van der Waals surface area contributed by atoms with Crippen molar-refractivity contribution in [2.45, 2.75) is 63.7 Å². The molecular weight excluding hydrogens is 242 g/mol. The van der Waals surface area contributed by atoms with Crippen molar-refractivity contribution in [1.82, 2.24) is 5.32 Å². The molecule has 0 aliphatic heterocycles. The first kappa shape index (κ1) is 14.1. The monoisotopic (exact) mass is 271 g/mol. The molecule has 0 radical (unpaired) electrons. The summed E-state index contributed by atoms with van der Waals surface area (Å²) in [5, 5.41) is 3.63. The fourth-order valence-corrected chi connectivity index (χ4v) is 4.80. The van der Waals surface area contributed by atoms with Gasteiger partial charge in [-0.2, -0.15) is 0 Å². The van der Waals surface area contributed by atoms with Crippen LogP contribution in [0.3, 0.4) is 0 Å². The Kier molecular flexibility index (Phi) is 4.16. The van der Waals surface area contributed by atoms with Gasteiger partial charge in [0.25, 0.3) is 0 Å². The van der Waals surface area contributed by atoms with Gasteiger partial charge in [-0.15, -0.1) is 0 Å². The third kappa shape index (κ3) is 2.65. The summed E-state index contributed by atoms with van der Waals surface area (Å²) < 4.78 is 0. The van der Waals surface area contributed by atoms with Crippen LogP contribution >= 0.6 is 0 Å². The quantitative estimate of drug-likeness (QED) is 0.839. The highest BCUT2D eigenvalue weighted by molar-refractivity contribution is 5.31. The van der Waals surface area contributed by atoms with E-state index in [-0.39, 0.29) is 0 Å². The Morgan fingerprint density at radius 1 is 0.950 bits per heavy atom. The van der Waals surface area contributed by atoms with Gasteiger partial charge in [0.05, 0.1) is 0 Å². The fraction of sp³-hybridized carbons (Fsp3) is 0.684. The van der Waals surface area contributed by atoms with E-state index < -0.39 is 0 Å².